The maximum Gasteiger partial charge on any atom is 0.349 e. The highest BCUT2D eigenvalue weighted by Gasteiger charge is 2.25. The first-order valence-corrected chi connectivity index (χ1v) is 10.8. The van der Waals surface area contributed by atoms with Gasteiger partial charge in [0.2, 0.25) is 0 Å². The Hall–Kier alpha value is -4.37. The van der Waals surface area contributed by atoms with E-state index in [2.05, 4.69) is 0 Å². The first kappa shape index (κ1) is 24.3. The monoisotopic (exact) mass is 454 g/mol. The van der Waals surface area contributed by atoms with Gasteiger partial charge in [0.1, 0.15) is 17.4 Å². The normalized spacial score (nSPS) is 11.7. The molecule has 0 bridgehead atoms. The second kappa shape index (κ2) is 12.0. The third kappa shape index (κ3) is 6.81. The molecule has 0 N–H and O–H groups in total. The van der Waals surface area contributed by atoms with Gasteiger partial charge in [-0.15, -0.1) is 0 Å². The van der Waals surface area contributed by atoms with Gasteiger partial charge in [-0.2, -0.15) is 5.26 Å². The fourth-order valence-electron chi connectivity index (χ4n) is 3.35. The van der Waals surface area contributed by atoms with Crippen LogP contribution in [0, 0.1) is 11.3 Å². The number of methoxy groups -OCH3 is 1. The lowest BCUT2D eigenvalue weighted by molar-refractivity contribution is -0.156. The molecule has 0 heterocycles. The smallest absolute Gasteiger partial charge is 0.349 e. The van der Waals surface area contributed by atoms with Gasteiger partial charge >= 0.3 is 5.97 Å². The number of nitrogens with zero attached hydrogens (tertiary/aromatic N) is 2. The van der Waals surface area contributed by atoms with Crippen molar-refractivity contribution in [2.75, 3.05) is 7.11 Å². The number of ether oxygens (including phenoxy) is 2. The summed E-state index contributed by atoms with van der Waals surface area (Å²) in [5.41, 5.74) is 2.37. The Morgan fingerprint density at radius 2 is 1.44 bits per heavy atom. The SMILES string of the molecule is COc1ccc(/C=C(\C#N)C(=O)OC(C)C(=O)N(Cc2ccccc2)Cc2ccccc2)cc1. The lowest BCUT2D eigenvalue weighted by Crippen LogP contribution is -2.39. The molecule has 6 nitrogen and oxygen atoms in total. The van der Waals surface area contributed by atoms with Crippen LogP contribution in [0.25, 0.3) is 6.08 Å². The summed E-state index contributed by atoms with van der Waals surface area (Å²) in [4.78, 5) is 27.5. The summed E-state index contributed by atoms with van der Waals surface area (Å²) < 4.78 is 10.5. The average Bonchev–Trinajstić information content (AvgIpc) is 2.88. The largest absolute Gasteiger partial charge is 0.497 e. The second-order valence-corrected chi connectivity index (χ2v) is 7.66. The fraction of sp³-hybridized carbons (Fsp3) is 0.179. The molecule has 1 atom stereocenters. The molecular weight excluding hydrogens is 428 g/mol. The van der Waals surface area contributed by atoms with E-state index in [0.717, 1.165) is 11.1 Å². The van der Waals surface area contributed by atoms with Crippen molar-refractivity contribution in [3.05, 3.63) is 107 Å². The van der Waals surface area contributed by atoms with Gasteiger partial charge < -0.3 is 14.4 Å². The van der Waals surface area contributed by atoms with Crippen molar-refractivity contribution in [3.63, 3.8) is 0 Å². The van der Waals surface area contributed by atoms with E-state index < -0.39 is 12.1 Å². The van der Waals surface area contributed by atoms with Crippen LogP contribution in [0.2, 0.25) is 0 Å². The molecule has 0 aromatic heterocycles. The van der Waals surface area contributed by atoms with Crippen LogP contribution in [0.15, 0.2) is 90.5 Å². The number of carbonyl (C=O) groups is 2. The molecule has 6 heteroatoms. The summed E-state index contributed by atoms with van der Waals surface area (Å²) in [7, 11) is 1.56. The Balaban J connectivity index is 1.74. The summed E-state index contributed by atoms with van der Waals surface area (Å²) in [5.74, 6) is -0.532. The molecule has 0 spiro atoms. The summed E-state index contributed by atoms with van der Waals surface area (Å²) in [6.45, 7) is 2.25. The van der Waals surface area contributed by atoms with Crippen molar-refractivity contribution in [3.8, 4) is 11.8 Å². The summed E-state index contributed by atoms with van der Waals surface area (Å²) in [6.07, 6.45) is 0.359. The van der Waals surface area contributed by atoms with Gasteiger partial charge in [-0.25, -0.2) is 4.79 Å². The highest BCUT2D eigenvalue weighted by atomic mass is 16.5. The van der Waals surface area contributed by atoms with Crippen molar-refractivity contribution in [1.82, 2.24) is 4.90 Å². The van der Waals surface area contributed by atoms with E-state index in [1.165, 1.54) is 13.0 Å². The number of amides is 1. The van der Waals surface area contributed by atoms with Gasteiger partial charge in [0, 0.05) is 13.1 Å². The highest BCUT2D eigenvalue weighted by molar-refractivity contribution is 5.99. The minimum absolute atomic E-state index is 0.192. The molecule has 0 fully saturated rings. The van der Waals surface area contributed by atoms with E-state index >= 15 is 0 Å². The van der Waals surface area contributed by atoms with Gasteiger partial charge in [0.15, 0.2) is 6.10 Å². The van der Waals surface area contributed by atoms with Gasteiger partial charge in [-0.05, 0) is 41.8 Å². The number of carbonyl (C=O) groups excluding carboxylic acids is 2. The lowest BCUT2D eigenvalue weighted by atomic mass is 10.1. The molecule has 3 aromatic carbocycles. The zero-order valence-corrected chi connectivity index (χ0v) is 19.2. The van der Waals surface area contributed by atoms with Gasteiger partial charge in [0.05, 0.1) is 7.11 Å². The van der Waals surface area contributed by atoms with Crippen LogP contribution >= 0.6 is 0 Å². The molecule has 0 saturated carbocycles. The topological polar surface area (TPSA) is 79.6 Å². The molecule has 3 rings (SSSR count). The maximum atomic E-state index is 13.3. The molecule has 0 saturated heterocycles. The zero-order valence-electron chi connectivity index (χ0n) is 19.2. The van der Waals surface area contributed by atoms with E-state index in [1.807, 2.05) is 66.7 Å². The zero-order chi connectivity index (χ0) is 24.3. The van der Waals surface area contributed by atoms with Crippen LogP contribution in [0.5, 0.6) is 5.75 Å². The van der Waals surface area contributed by atoms with Crippen LogP contribution in [-0.2, 0) is 27.4 Å². The summed E-state index contributed by atoms with van der Waals surface area (Å²) >= 11 is 0. The fourth-order valence-corrected chi connectivity index (χ4v) is 3.35. The Kier molecular flexibility index (Phi) is 8.59. The van der Waals surface area contributed by atoms with Crippen molar-refractivity contribution in [2.45, 2.75) is 26.1 Å². The predicted octanol–water partition coefficient (Wildman–Crippen LogP) is 4.76. The summed E-state index contributed by atoms with van der Waals surface area (Å²) in [5, 5.41) is 9.47. The predicted molar refractivity (Wildman–Crippen MR) is 129 cm³/mol. The number of hydrogen-bond acceptors (Lipinski definition) is 5. The Morgan fingerprint density at radius 1 is 0.912 bits per heavy atom. The van der Waals surface area contributed by atoms with Crippen LogP contribution in [-0.4, -0.2) is 30.0 Å². The molecule has 34 heavy (non-hydrogen) atoms. The molecule has 0 aliphatic rings. The first-order chi connectivity index (χ1) is 16.5. The van der Waals surface area contributed by atoms with Gasteiger partial charge in [-0.1, -0.05) is 72.8 Å². The number of rotatable bonds is 9. The van der Waals surface area contributed by atoms with E-state index in [0.29, 0.717) is 24.4 Å². The van der Waals surface area contributed by atoms with E-state index in [9.17, 15) is 14.9 Å². The lowest BCUT2D eigenvalue weighted by Gasteiger charge is -2.26. The molecule has 0 radical (unpaired) electrons. The van der Waals surface area contributed by atoms with Crippen molar-refractivity contribution in [2.24, 2.45) is 0 Å². The third-order valence-corrected chi connectivity index (χ3v) is 5.14. The Labute approximate surface area is 199 Å². The molecule has 3 aromatic rings. The first-order valence-electron chi connectivity index (χ1n) is 10.8. The Bertz CT molecular complexity index is 1130. The standard InChI is InChI=1S/C28H26N2O4/c1-21(34-28(32)25(18-29)17-22-13-15-26(33-2)16-14-22)27(31)30(19-23-9-5-3-6-10-23)20-24-11-7-4-8-12-24/h3-17,21H,19-20H2,1-2H3/b25-17+. The summed E-state index contributed by atoms with van der Waals surface area (Å²) in [6, 6.07) is 28.0. The second-order valence-electron chi connectivity index (χ2n) is 7.66. The van der Waals surface area contributed by atoms with Crippen LogP contribution in [0.3, 0.4) is 0 Å². The molecule has 1 unspecified atom stereocenters. The number of hydrogen-bond donors (Lipinski definition) is 0. The number of benzene rings is 3. The quantitative estimate of drug-likeness (QED) is 0.265. The van der Waals surface area contributed by atoms with Crippen LogP contribution in [0.4, 0.5) is 0 Å². The minimum Gasteiger partial charge on any atom is -0.497 e. The van der Waals surface area contributed by atoms with Crippen molar-refractivity contribution in [1.29, 1.82) is 5.26 Å². The van der Waals surface area contributed by atoms with E-state index in [1.54, 1.807) is 36.3 Å². The third-order valence-electron chi connectivity index (χ3n) is 5.14. The molecule has 0 aliphatic carbocycles. The number of nitriles is 1. The molecule has 1 amide bonds. The molecular formula is C28H26N2O4. The van der Waals surface area contributed by atoms with E-state index in [-0.39, 0.29) is 11.5 Å². The van der Waals surface area contributed by atoms with Gasteiger partial charge in [0.25, 0.3) is 5.91 Å². The van der Waals surface area contributed by atoms with Crippen molar-refractivity contribution >= 4 is 18.0 Å². The van der Waals surface area contributed by atoms with Gasteiger partial charge in [-0.3, -0.25) is 4.79 Å². The number of esters is 1. The average molecular weight is 455 g/mol. The van der Waals surface area contributed by atoms with Crippen LogP contribution < -0.4 is 4.74 Å². The van der Waals surface area contributed by atoms with E-state index in [4.69, 9.17) is 9.47 Å². The maximum absolute atomic E-state index is 13.3. The Morgan fingerprint density at radius 3 is 1.91 bits per heavy atom. The van der Waals surface area contributed by atoms with Crippen LogP contribution in [0.1, 0.15) is 23.6 Å². The molecule has 0 aliphatic heterocycles. The van der Waals surface area contributed by atoms with Crippen molar-refractivity contribution < 1.29 is 19.1 Å². The highest BCUT2D eigenvalue weighted by Crippen LogP contribution is 2.16. The minimum atomic E-state index is -1.06. The molecule has 172 valence electrons.